The zero-order valence-electron chi connectivity index (χ0n) is 11.3. The van der Waals surface area contributed by atoms with Gasteiger partial charge < -0.3 is 9.47 Å². The van der Waals surface area contributed by atoms with Crippen molar-refractivity contribution in [1.82, 2.24) is 4.42 Å². The highest BCUT2D eigenvalue weighted by Gasteiger charge is 2.54. The largest absolute Gasteiger partial charge is 0.497 e. The maximum absolute atomic E-state index is 6.07. The third kappa shape index (κ3) is 2.00. The Morgan fingerprint density at radius 2 is 2.22 bits per heavy atom. The van der Waals surface area contributed by atoms with Crippen LogP contribution in [0.3, 0.4) is 0 Å². The fourth-order valence-corrected chi connectivity index (χ4v) is 3.00. The van der Waals surface area contributed by atoms with E-state index >= 15 is 0 Å². The van der Waals surface area contributed by atoms with E-state index in [1.54, 1.807) is 11.5 Å². The van der Waals surface area contributed by atoms with E-state index in [-0.39, 0.29) is 11.8 Å². The molecule has 1 heterocycles. The average molecular weight is 270 g/mol. The van der Waals surface area contributed by atoms with Crippen LogP contribution in [-0.4, -0.2) is 24.8 Å². The van der Waals surface area contributed by atoms with Gasteiger partial charge in [0.15, 0.2) is 0 Å². The Balaban J connectivity index is 2.29. The summed E-state index contributed by atoms with van der Waals surface area (Å²) < 4.78 is 13.0. The lowest BCUT2D eigenvalue weighted by Gasteiger charge is -2.55. The molecule has 1 unspecified atom stereocenters. The molecule has 0 spiro atoms. The van der Waals surface area contributed by atoms with Gasteiger partial charge in [-0.2, -0.15) is 4.42 Å². The number of benzene rings is 1. The Kier molecular flexibility index (Phi) is 3.85. The van der Waals surface area contributed by atoms with E-state index in [4.69, 9.17) is 21.3 Å². The normalized spacial score (nSPS) is 31.2. The number of nitrogens with zero attached hydrogens (tertiary/aromatic N) is 1. The summed E-state index contributed by atoms with van der Waals surface area (Å²) in [4.78, 5) is 0. The van der Waals surface area contributed by atoms with Crippen LogP contribution in [0.4, 0.5) is 0 Å². The highest BCUT2D eigenvalue weighted by atomic mass is 35.5. The predicted octanol–water partition coefficient (Wildman–Crippen LogP) is 3.38. The van der Waals surface area contributed by atoms with Crippen LogP contribution in [0.15, 0.2) is 24.3 Å². The van der Waals surface area contributed by atoms with Crippen molar-refractivity contribution < 1.29 is 9.47 Å². The molecule has 1 aromatic carbocycles. The second kappa shape index (κ2) is 5.08. The van der Waals surface area contributed by atoms with Gasteiger partial charge in [0.2, 0.25) is 0 Å². The lowest BCUT2D eigenvalue weighted by molar-refractivity contribution is -0.296. The number of methoxy groups -OCH3 is 1. The van der Waals surface area contributed by atoms with Gasteiger partial charge in [-0.1, -0.05) is 26.0 Å². The lowest BCUT2D eigenvalue weighted by atomic mass is 9.74. The highest BCUT2D eigenvalue weighted by Crippen LogP contribution is 2.50. The fraction of sp³-hybridized carbons (Fsp3) is 0.571. The average Bonchev–Trinajstić information content (AvgIpc) is 2.38. The van der Waals surface area contributed by atoms with Crippen LogP contribution in [0.5, 0.6) is 5.75 Å². The fourth-order valence-electron chi connectivity index (χ4n) is 2.79. The van der Waals surface area contributed by atoms with Crippen LogP contribution >= 0.6 is 11.8 Å². The second-order valence-corrected chi connectivity index (χ2v) is 5.33. The van der Waals surface area contributed by atoms with Gasteiger partial charge in [0.05, 0.1) is 7.11 Å². The van der Waals surface area contributed by atoms with Crippen molar-refractivity contribution in [3.05, 3.63) is 29.8 Å². The molecule has 1 fully saturated rings. The quantitative estimate of drug-likeness (QED) is 0.782. The second-order valence-electron chi connectivity index (χ2n) is 4.80. The van der Waals surface area contributed by atoms with Crippen LogP contribution in [-0.2, 0) is 10.3 Å². The Morgan fingerprint density at radius 1 is 1.50 bits per heavy atom. The van der Waals surface area contributed by atoms with Crippen LogP contribution in [0.2, 0.25) is 0 Å². The topological polar surface area (TPSA) is 21.7 Å². The predicted molar refractivity (Wildman–Crippen MR) is 72.6 cm³/mol. The minimum absolute atomic E-state index is 0.0298. The molecule has 0 bridgehead atoms. The molecule has 0 saturated carbocycles. The van der Waals surface area contributed by atoms with E-state index in [0.717, 1.165) is 17.7 Å². The first-order valence-corrected chi connectivity index (χ1v) is 6.60. The van der Waals surface area contributed by atoms with Gasteiger partial charge in [0.25, 0.3) is 0 Å². The van der Waals surface area contributed by atoms with Crippen LogP contribution in [0, 0.1) is 5.92 Å². The molecule has 0 radical (unpaired) electrons. The zero-order chi connectivity index (χ0) is 13.3. The van der Waals surface area contributed by atoms with Crippen LogP contribution < -0.4 is 4.74 Å². The van der Waals surface area contributed by atoms with Crippen LogP contribution in [0.25, 0.3) is 0 Å². The molecule has 2 rings (SSSR count). The third-order valence-corrected chi connectivity index (χ3v) is 4.12. The number of rotatable bonds is 4. The van der Waals surface area contributed by atoms with Crippen molar-refractivity contribution in [3.63, 3.8) is 0 Å². The summed E-state index contributed by atoms with van der Waals surface area (Å²) in [5.74, 6) is 1.20. The molecular weight excluding hydrogens is 250 g/mol. The summed E-state index contributed by atoms with van der Waals surface area (Å²) in [7, 11) is 3.51. The SMILES string of the molecule is CC[C@@]1(c2cccc(OC)c2)OC(N(C)Cl)[C@@H]1C. The number of halogens is 1. The van der Waals surface area contributed by atoms with Crippen molar-refractivity contribution >= 4 is 11.8 Å². The molecule has 1 aromatic rings. The molecule has 1 saturated heterocycles. The first-order valence-electron chi connectivity index (χ1n) is 6.26. The van der Waals surface area contributed by atoms with E-state index in [9.17, 15) is 0 Å². The smallest absolute Gasteiger partial charge is 0.130 e. The van der Waals surface area contributed by atoms with E-state index in [1.807, 2.05) is 25.2 Å². The molecule has 0 aliphatic carbocycles. The minimum atomic E-state index is -0.248. The Morgan fingerprint density at radius 3 is 2.72 bits per heavy atom. The summed E-state index contributed by atoms with van der Waals surface area (Å²) in [6, 6.07) is 8.08. The molecule has 0 N–H and O–H groups in total. The molecule has 3 nitrogen and oxygen atoms in total. The van der Waals surface area contributed by atoms with E-state index in [1.165, 1.54) is 0 Å². The Hall–Kier alpha value is -0.770. The number of hydrogen-bond donors (Lipinski definition) is 0. The number of ether oxygens (including phenoxy) is 2. The van der Waals surface area contributed by atoms with E-state index in [2.05, 4.69) is 19.9 Å². The first-order chi connectivity index (χ1) is 8.55. The van der Waals surface area contributed by atoms with E-state index in [0.29, 0.717) is 5.92 Å². The van der Waals surface area contributed by atoms with Gasteiger partial charge in [0.1, 0.15) is 17.6 Å². The number of hydrogen-bond acceptors (Lipinski definition) is 3. The van der Waals surface area contributed by atoms with Crippen molar-refractivity contribution in [2.24, 2.45) is 5.92 Å². The van der Waals surface area contributed by atoms with Crippen molar-refractivity contribution in [2.75, 3.05) is 14.2 Å². The summed E-state index contributed by atoms with van der Waals surface area (Å²) in [6.07, 6.45) is 0.889. The third-order valence-electron chi connectivity index (χ3n) is 3.93. The summed E-state index contributed by atoms with van der Waals surface area (Å²) in [5.41, 5.74) is 0.911. The highest BCUT2D eigenvalue weighted by molar-refractivity contribution is 6.13. The Bertz CT molecular complexity index is 424. The monoisotopic (exact) mass is 269 g/mol. The molecule has 3 atom stereocenters. The van der Waals surface area contributed by atoms with E-state index < -0.39 is 0 Å². The van der Waals surface area contributed by atoms with Gasteiger partial charge in [-0.05, 0) is 35.9 Å². The maximum Gasteiger partial charge on any atom is 0.130 e. The molecule has 4 heteroatoms. The van der Waals surface area contributed by atoms with Crippen molar-refractivity contribution in [3.8, 4) is 5.75 Å². The molecule has 1 aliphatic rings. The first kappa shape index (κ1) is 13.7. The molecular formula is C14H20ClNO2. The summed E-state index contributed by atoms with van der Waals surface area (Å²) in [5, 5.41) is 0. The lowest BCUT2D eigenvalue weighted by Crippen LogP contribution is -2.60. The van der Waals surface area contributed by atoms with Gasteiger partial charge in [-0.25, -0.2) is 0 Å². The molecule has 18 heavy (non-hydrogen) atoms. The van der Waals surface area contributed by atoms with Crippen LogP contribution in [0.1, 0.15) is 25.8 Å². The van der Waals surface area contributed by atoms with Gasteiger partial charge in [-0.15, -0.1) is 0 Å². The Labute approximate surface area is 114 Å². The molecule has 1 aliphatic heterocycles. The van der Waals surface area contributed by atoms with Crippen molar-refractivity contribution in [2.45, 2.75) is 32.1 Å². The van der Waals surface area contributed by atoms with Gasteiger partial charge >= 0.3 is 0 Å². The molecule has 0 amide bonds. The van der Waals surface area contributed by atoms with Gasteiger partial charge in [0, 0.05) is 13.0 Å². The molecule has 0 aromatic heterocycles. The standard InChI is InChI=1S/C14H20ClNO2/c1-5-14(10(2)13(18-14)16(3)15)11-7-6-8-12(9-11)17-4/h6-10,13H,5H2,1-4H3/t10-,13?,14+/m0/s1. The zero-order valence-corrected chi connectivity index (χ0v) is 12.1. The minimum Gasteiger partial charge on any atom is -0.497 e. The molecule has 100 valence electrons. The summed E-state index contributed by atoms with van der Waals surface area (Å²) in [6.45, 7) is 4.32. The van der Waals surface area contributed by atoms with Gasteiger partial charge in [-0.3, -0.25) is 0 Å². The summed E-state index contributed by atoms with van der Waals surface area (Å²) >= 11 is 5.99. The van der Waals surface area contributed by atoms with Crippen molar-refractivity contribution in [1.29, 1.82) is 0 Å². The maximum atomic E-state index is 6.07.